The van der Waals surface area contributed by atoms with Gasteiger partial charge in [0.05, 0.1) is 6.26 Å². The topological polar surface area (TPSA) is 9.23 Å². The van der Waals surface area contributed by atoms with Crippen LogP contribution in [-0.4, -0.2) is 0 Å². The maximum absolute atomic E-state index is 5.35. The van der Waals surface area contributed by atoms with Crippen LogP contribution >= 0.6 is 0 Å². The first-order valence-corrected chi connectivity index (χ1v) is 5.22. The summed E-state index contributed by atoms with van der Waals surface area (Å²) in [5.41, 5.74) is 0. The molecule has 1 radical (unpaired) electrons. The van der Waals surface area contributed by atoms with Gasteiger partial charge in [-0.1, -0.05) is 38.0 Å². The van der Waals surface area contributed by atoms with Crippen molar-refractivity contribution in [2.24, 2.45) is 0 Å². The summed E-state index contributed by atoms with van der Waals surface area (Å²) >= 11 is 0. The third kappa shape index (κ3) is 4.70. The van der Waals surface area contributed by atoms with Crippen LogP contribution in [0.3, 0.4) is 0 Å². The Labute approximate surface area is 86.4 Å². The molecule has 0 aliphatic carbocycles. The van der Waals surface area contributed by atoms with Crippen LogP contribution in [0.5, 0.6) is 5.75 Å². The SMILES string of the molecule is CCCCCC=COc1[c]cccc1. The Morgan fingerprint density at radius 3 is 3.00 bits per heavy atom. The Kier molecular flexibility index (Phi) is 5.57. The lowest BCUT2D eigenvalue weighted by molar-refractivity contribution is 0.477. The van der Waals surface area contributed by atoms with E-state index in [2.05, 4.69) is 19.1 Å². The monoisotopic (exact) mass is 189 g/mol. The van der Waals surface area contributed by atoms with Crippen LogP contribution in [0.25, 0.3) is 0 Å². The molecule has 1 aromatic rings. The number of unbranched alkanes of at least 4 members (excludes halogenated alkanes) is 3. The van der Waals surface area contributed by atoms with Crippen molar-refractivity contribution in [2.75, 3.05) is 0 Å². The van der Waals surface area contributed by atoms with Crippen molar-refractivity contribution in [3.8, 4) is 5.75 Å². The molecule has 1 heteroatoms. The highest BCUT2D eigenvalue weighted by molar-refractivity contribution is 5.20. The highest BCUT2D eigenvalue weighted by Crippen LogP contribution is 2.08. The molecule has 0 spiro atoms. The van der Waals surface area contributed by atoms with E-state index in [1.54, 1.807) is 6.26 Å². The molecule has 0 heterocycles. The molecule has 0 N–H and O–H groups in total. The van der Waals surface area contributed by atoms with E-state index in [4.69, 9.17) is 4.74 Å². The van der Waals surface area contributed by atoms with Crippen LogP contribution in [0.15, 0.2) is 36.6 Å². The molecule has 0 bridgehead atoms. The van der Waals surface area contributed by atoms with Gasteiger partial charge >= 0.3 is 0 Å². The molecule has 0 unspecified atom stereocenters. The van der Waals surface area contributed by atoms with Gasteiger partial charge in [0.2, 0.25) is 0 Å². The van der Waals surface area contributed by atoms with Gasteiger partial charge in [-0.2, -0.15) is 0 Å². The maximum atomic E-state index is 5.35. The van der Waals surface area contributed by atoms with Crippen molar-refractivity contribution in [3.05, 3.63) is 42.7 Å². The van der Waals surface area contributed by atoms with Crippen LogP contribution in [0.1, 0.15) is 32.6 Å². The van der Waals surface area contributed by atoms with E-state index in [0.717, 1.165) is 12.2 Å². The molecule has 1 nitrogen and oxygen atoms in total. The second kappa shape index (κ2) is 7.19. The van der Waals surface area contributed by atoms with E-state index >= 15 is 0 Å². The predicted octanol–water partition coefficient (Wildman–Crippen LogP) is 3.96. The Morgan fingerprint density at radius 2 is 2.29 bits per heavy atom. The van der Waals surface area contributed by atoms with Crippen molar-refractivity contribution in [3.63, 3.8) is 0 Å². The van der Waals surface area contributed by atoms with Crippen LogP contribution in [0, 0.1) is 6.07 Å². The summed E-state index contributed by atoms with van der Waals surface area (Å²) in [7, 11) is 0. The number of para-hydroxylation sites is 1. The standard InChI is InChI=1S/C13H17O/c1-2-3-4-5-9-12-14-13-10-7-6-8-11-13/h6-10,12H,2-5H2,1H3. The third-order valence-corrected chi connectivity index (χ3v) is 1.95. The summed E-state index contributed by atoms with van der Waals surface area (Å²) in [6, 6.07) is 10.6. The van der Waals surface area contributed by atoms with E-state index in [1.807, 2.05) is 24.3 Å². The zero-order chi connectivity index (χ0) is 10.1. The average Bonchev–Trinajstić information content (AvgIpc) is 2.25. The number of hydrogen-bond donors (Lipinski definition) is 0. The van der Waals surface area contributed by atoms with Gasteiger partial charge in [0.15, 0.2) is 0 Å². The molecule has 0 aliphatic heterocycles. The van der Waals surface area contributed by atoms with Gasteiger partial charge < -0.3 is 4.74 Å². The molecule has 14 heavy (non-hydrogen) atoms. The molecule has 0 fully saturated rings. The number of rotatable bonds is 6. The number of allylic oxidation sites excluding steroid dienone is 1. The first-order valence-electron chi connectivity index (χ1n) is 5.22. The fourth-order valence-electron chi connectivity index (χ4n) is 1.15. The molecule has 0 saturated carbocycles. The van der Waals surface area contributed by atoms with Crippen molar-refractivity contribution in [1.82, 2.24) is 0 Å². The molecule has 0 amide bonds. The van der Waals surface area contributed by atoms with E-state index in [0.29, 0.717) is 0 Å². The zero-order valence-electron chi connectivity index (χ0n) is 8.70. The van der Waals surface area contributed by atoms with E-state index in [1.165, 1.54) is 19.3 Å². The maximum Gasteiger partial charge on any atom is 0.134 e. The van der Waals surface area contributed by atoms with Crippen molar-refractivity contribution in [2.45, 2.75) is 32.6 Å². The van der Waals surface area contributed by atoms with E-state index in [9.17, 15) is 0 Å². The summed E-state index contributed by atoms with van der Waals surface area (Å²) in [4.78, 5) is 0. The lowest BCUT2D eigenvalue weighted by Gasteiger charge is -1.97. The summed E-state index contributed by atoms with van der Waals surface area (Å²) in [6.45, 7) is 2.21. The zero-order valence-corrected chi connectivity index (χ0v) is 8.70. The lowest BCUT2D eigenvalue weighted by atomic mass is 10.2. The van der Waals surface area contributed by atoms with Crippen LogP contribution < -0.4 is 4.74 Å². The predicted molar refractivity (Wildman–Crippen MR) is 59.2 cm³/mol. The highest BCUT2D eigenvalue weighted by Gasteiger charge is 1.86. The first-order chi connectivity index (χ1) is 6.93. The highest BCUT2D eigenvalue weighted by atomic mass is 16.5. The first kappa shape index (κ1) is 10.8. The smallest absolute Gasteiger partial charge is 0.134 e. The van der Waals surface area contributed by atoms with Gasteiger partial charge in [0.1, 0.15) is 5.75 Å². The van der Waals surface area contributed by atoms with Gasteiger partial charge in [0, 0.05) is 6.07 Å². The van der Waals surface area contributed by atoms with E-state index < -0.39 is 0 Å². The molecule has 75 valence electrons. The van der Waals surface area contributed by atoms with Gasteiger partial charge in [-0.3, -0.25) is 0 Å². The Morgan fingerprint density at radius 1 is 1.36 bits per heavy atom. The number of hydrogen-bond acceptors (Lipinski definition) is 1. The second-order valence-electron chi connectivity index (χ2n) is 3.21. The minimum Gasteiger partial charge on any atom is -0.465 e. The minimum absolute atomic E-state index is 0.777. The number of ether oxygens (including phenoxy) is 1. The Hall–Kier alpha value is -1.24. The van der Waals surface area contributed by atoms with Crippen LogP contribution in [0.2, 0.25) is 0 Å². The van der Waals surface area contributed by atoms with E-state index in [-0.39, 0.29) is 0 Å². The molecule has 1 aromatic carbocycles. The van der Waals surface area contributed by atoms with Crippen molar-refractivity contribution >= 4 is 0 Å². The number of benzene rings is 1. The van der Waals surface area contributed by atoms with Gasteiger partial charge in [-0.25, -0.2) is 0 Å². The molecule has 0 aliphatic rings. The van der Waals surface area contributed by atoms with Gasteiger partial charge in [-0.15, -0.1) is 0 Å². The summed E-state index contributed by atoms with van der Waals surface area (Å²) in [5, 5.41) is 0. The Bertz CT molecular complexity index is 251. The fourth-order valence-corrected chi connectivity index (χ4v) is 1.15. The largest absolute Gasteiger partial charge is 0.465 e. The molecule has 0 atom stereocenters. The normalized spacial score (nSPS) is 10.6. The quantitative estimate of drug-likeness (QED) is 0.486. The molecular formula is C13H17O. The van der Waals surface area contributed by atoms with Crippen LogP contribution in [-0.2, 0) is 0 Å². The van der Waals surface area contributed by atoms with Gasteiger partial charge in [0.25, 0.3) is 0 Å². The molecule has 0 saturated heterocycles. The third-order valence-electron chi connectivity index (χ3n) is 1.95. The summed E-state index contributed by atoms with van der Waals surface area (Å²) in [5.74, 6) is 0.777. The second-order valence-corrected chi connectivity index (χ2v) is 3.21. The lowest BCUT2D eigenvalue weighted by Crippen LogP contribution is -1.81. The van der Waals surface area contributed by atoms with Crippen molar-refractivity contribution in [1.29, 1.82) is 0 Å². The van der Waals surface area contributed by atoms with Gasteiger partial charge in [-0.05, 0) is 25.0 Å². The molecular weight excluding hydrogens is 172 g/mol. The average molecular weight is 189 g/mol. The summed E-state index contributed by atoms with van der Waals surface area (Å²) in [6.07, 6.45) is 8.72. The fraction of sp³-hybridized carbons (Fsp3) is 0.385. The van der Waals surface area contributed by atoms with Crippen molar-refractivity contribution < 1.29 is 4.74 Å². The molecule has 1 rings (SSSR count). The summed E-state index contributed by atoms with van der Waals surface area (Å²) < 4.78 is 5.35. The molecule has 0 aromatic heterocycles. The minimum atomic E-state index is 0.777. The Balaban J connectivity index is 2.14. The van der Waals surface area contributed by atoms with Crippen LogP contribution in [0.4, 0.5) is 0 Å².